The molecule has 0 bridgehead atoms. The fraction of sp³-hybridized carbons (Fsp3) is 0.739. The summed E-state index contributed by atoms with van der Waals surface area (Å²) in [7, 11) is 0. The van der Waals surface area contributed by atoms with Gasteiger partial charge in [-0.05, 0) is 82.3 Å². The Balaban J connectivity index is 1.57. The van der Waals surface area contributed by atoms with Crippen molar-refractivity contribution in [1.29, 1.82) is 0 Å². The van der Waals surface area contributed by atoms with Gasteiger partial charge in [-0.2, -0.15) is 8.78 Å². The number of allylic oxidation sites excluding steroid dienone is 5. The molecule has 3 aliphatic rings. The maximum atomic E-state index is 14.9. The van der Waals surface area contributed by atoms with Crippen LogP contribution in [0.4, 0.5) is 8.78 Å². The van der Waals surface area contributed by atoms with E-state index in [0.29, 0.717) is 30.7 Å². The topological polar surface area (TPSA) is 35.2 Å². The number of ether oxygens (including phenoxy) is 1. The molecule has 0 saturated heterocycles. The summed E-state index contributed by atoms with van der Waals surface area (Å²) in [6.07, 6.45) is 11.7. The second-order valence-corrected chi connectivity index (χ2v) is 9.54. The van der Waals surface area contributed by atoms with Gasteiger partial charge in [0.2, 0.25) is 0 Å². The first kappa shape index (κ1) is 20.6. The molecular formula is C23H35F2NO. The van der Waals surface area contributed by atoms with Gasteiger partial charge in [-0.3, -0.25) is 0 Å². The van der Waals surface area contributed by atoms with Crippen LogP contribution in [0, 0.1) is 23.2 Å². The van der Waals surface area contributed by atoms with Crippen LogP contribution in [-0.4, -0.2) is 12.2 Å². The number of hydrogen-bond acceptors (Lipinski definition) is 2. The predicted octanol–water partition coefficient (Wildman–Crippen LogP) is 6.35. The SMILES string of the molecule is CC1=CC(C)(C)C=C(OC(F)(F)C2CCC(C3CCC(N)CC3)CC2)C=C1. The first-order valence-electron chi connectivity index (χ1n) is 10.6. The van der Waals surface area contributed by atoms with Crippen molar-refractivity contribution in [3.63, 3.8) is 0 Å². The number of hydrogen-bond donors (Lipinski definition) is 1. The van der Waals surface area contributed by atoms with Gasteiger partial charge in [0.1, 0.15) is 5.76 Å². The van der Waals surface area contributed by atoms with Gasteiger partial charge in [0, 0.05) is 11.5 Å². The maximum absolute atomic E-state index is 14.9. The van der Waals surface area contributed by atoms with E-state index >= 15 is 0 Å². The summed E-state index contributed by atoms with van der Waals surface area (Å²) in [6, 6.07) is 0.346. The largest absolute Gasteiger partial charge is 0.433 e. The highest BCUT2D eigenvalue weighted by Gasteiger charge is 2.45. The molecular weight excluding hydrogens is 344 g/mol. The van der Waals surface area contributed by atoms with Crippen molar-refractivity contribution in [3.8, 4) is 0 Å². The first-order chi connectivity index (χ1) is 12.6. The fourth-order valence-electron chi connectivity index (χ4n) is 5.15. The van der Waals surface area contributed by atoms with Crippen LogP contribution in [0.5, 0.6) is 0 Å². The van der Waals surface area contributed by atoms with Gasteiger partial charge in [0.15, 0.2) is 0 Å². The van der Waals surface area contributed by atoms with Crippen LogP contribution in [-0.2, 0) is 4.74 Å². The van der Waals surface area contributed by atoms with Crippen molar-refractivity contribution in [2.45, 2.75) is 84.3 Å². The summed E-state index contributed by atoms with van der Waals surface area (Å²) in [5.74, 6) is 0.866. The highest BCUT2D eigenvalue weighted by molar-refractivity contribution is 5.32. The minimum absolute atomic E-state index is 0.279. The van der Waals surface area contributed by atoms with Crippen LogP contribution < -0.4 is 5.73 Å². The Labute approximate surface area is 162 Å². The highest BCUT2D eigenvalue weighted by atomic mass is 19.3. The standard InChI is InChI=1S/C23H35F2NO/c1-16-4-13-21(15-22(2,3)14-16)27-23(24,25)19-9-5-17(6-10-19)18-7-11-20(26)12-8-18/h4,13-15,17-20H,5-12,26H2,1-3H3. The van der Waals surface area contributed by atoms with E-state index in [0.717, 1.165) is 31.3 Å². The molecule has 4 heteroatoms. The third-order valence-corrected chi connectivity index (χ3v) is 6.61. The van der Waals surface area contributed by atoms with E-state index < -0.39 is 12.0 Å². The van der Waals surface area contributed by atoms with Crippen LogP contribution in [0.1, 0.15) is 72.1 Å². The summed E-state index contributed by atoms with van der Waals surface area (Å²) in [5.41, 5.74) is 6.77. The molecule has 3 aliphatic carbocycles. The summed E-state index contributed by atoms with van der Waals surface area (Å²) in [6.45, 7) is 5.99. The lowest BCUT2D eigenvalue weighted by Crippen LogP contribution is -2.37. The predicted molar refractivity (Wildman–Crippen MR) is 106 cm³/mol. The van der Waals surface area contributed by atoms with E-state index in [2.05, 4.69) is 6.08 Å². The van der Waals surface area contributed by atoms with Gasteiger partial charge in [-0.15, -0.1) is 0 Å². The Bertz CT molecular complexity index is 604. The van der Waals surface area contributed by atoms with Crippen molar-refractivity contribution in [2.24, 2.45) is 28.9 Å². The zero-order valence-electron chi connectivity index (χ0n) is 17.0. The normalized spacial score (nSPS) is 34.4. The molecule has 0 amide bonds. The second-order valence-electron chi connectivity index (χ2n) is 9.54. The molecule has 2 saturated carbocycles. The Kier molecular flexibility index (Phi) is 6.14. The molecule has 2 fully saturated rings. The summed E-state index contributed by atoms with van der Waals surface area (Å²) in [4.78, 5) is 0. The van der Waals surface area contributed by atoms with Gasteiger partial charge in [-0.25, -0.2) is 0 Å². The van der Waals surface area contributed by atoms with Crippen molar-refractivity contribution < 1.29 is 13.5 Å². The molecule has 2 N–H and O–H groups in total. The van der Waals surface area contributed by atoms with Gasteiger partial charge in [0.25, 0.3) is 0 Å². The quantitative estimate of drug-likeness (QED) is 0.618. The van der Waals surface area contributed by atoms with Gasteiger partial charge < -0.3 is 10.5 Å². The van der Waals surface area contributed by atoms with E-state index in [9.17, 15) is 8.78 Å². The van der Waals surface area contributed by atoms with Crippen molar-refractivity contribution in [1.82, 2.24) is 0 Å². The summed E-state index contributed by atoms with van der Waals surface area (Å²) >= 11 is 0. The molecule has 0 aromatic heterocycles. The minimum Gasteiger partial charge on any atom is -0.433 e. The zero-order valence-corrected chi connectivity index (χ0v) is 17.0. The molecule has 2 nitrogen and oxygen atoms in total. The van der Waals surface area contributed by atoms with E-state index in [-0.39, 0.29) is 11.2 Å². The fourth-order valence-corrected chi connectivity index (χ4v) is 5.15. The van der Waals surface area contributed by atoms with Crippen molar-refractivity contribution in [2.75, 3.05) is 0 Å². The van der Waals surface area contributed by atoms with Crippen LogP contribution >= 0.6 is 0 Å². The van der Waals surface area contributed by atoms with E-state index in [1.807, 2.05) is 26.8 Å². The molecule has 152 valence electrons. The van der Waals surface area contributed by atoms with Crippen LogP contribution in [0.25, 0.3) is 0 Å². The molecule has 27 heavy (non-hydrogen) atoms. The Hall–Kier alpha value is -1.16. The molecule has 0 aliphatic heterocycles. The second kappa shape index (κ2) is 8.06. The molecule has 0 spiro atoms. The molecule has 0 aromatic rings. The van der Waals surface area contributed by atoms with E-state index in [1.54, 1.807) is 12.2 Å². The highest BCUT2D eigenvalue weighted by Crippen LogP contribution is 2.45. The first-order valence-corrected chi connectivity index (χ1v) is 10.6. The smallest absolute Gasteiger partial charge is 0.400 e. The number of halogens is 2. The van der Waals surface area contributed by atoms with Crippen LogP contribution in [0.3, 0.4) is 0 Å². The molecule has 3 rings (SSSR count). The lowest BCUT2D eigenvalue weighted by atomic mass is 9.70. The average molecular weight is 380 g/mol. The van der Waals surface area contributed by atoms with Crippen molar-refractivity contribution in [3.05, 3.63) is 35.6 Å². The summed E-state index contributed by atoms with van der Waals surface area (Å²) in [5, 5.41) is 0. The molecule has 0 atom stereocenters. The Morgan fingerprint density at radius 3 is 2.07 bits per heavy atom. The third kappa shape index (κ3) is 5.43. The zero-order chi connectivity index (χ0) is 19.7. The molecule has 0 radical (unpaired) electrons. The monoisotopic (exact) mass is 379 g/mol. The molecule has 0 heterocycles. The van der Waals surface area contributed by atoms with E-state index in [4.69, 9.17) is 10.5 Å². The van der Waals surface area contributed by atoms with Gasteiger partial charge >= 0.3 is 6.11 Å². The molecule has 0 aromatic carbocycles. The van der Waals surface area contributed by atoms with E-state index in [1.165, 1.54) is 12.8 Å². The Morgan fingerprint density at radius 2 is 1.48 bits per heavy atom. The van der Waals surface area contributed by atoms with Gasteiger partial charge in [-0.1, -0.05) is 31.6 Å². The lowest BCUT2D eigenvalue weighted by molar-refractivity contribution is -0.254. The minimum atomic E-state index is -3.11. The third-order valence-electron chi connectivity index (χ3n) is 6.61. The average Bonchev–Trinajstić information content (AvgIpc) is 2.72. The maximum Gasteiger partial charge on any atom is 0.400 e. The van der Waals surface area contributed by atoms with Crippen LogP contribution in [0.15, 0.2) is 35.6 Å². The lowest BCUT2D eigenvalue weighted by Gasteiger charge is -2.38. The van der Waals surface area contributed by atoms with Crippen molar-refractivity contribution >= 4 is 0 Å². The van der Waals surface area contributed by atoms with Crippen LogP contribution in [0.2, 0.25) is 0 Å². The summed E-state index contributed by atoms with van der Waals surface area (Å²) < 4.78 is 35.0. The molecule has 0 unspecified atom stereocenters. The Morgan fingerprint density at radius 1 is 0.926 bits per heavy atom. The number of nitrogens with two attached hydrogens (primary N) is 1. The number of rotatable bonds is 4. The van der Waals surface area contributed by atoms with Gasteiger partial charge in [0.05, 0.1) is 5.92 Å². The number of alkyl halides is 2.